The fourth-order valence-corrected chi connectivity index (χ4v) is 2.66. The average Bonchev–Trinajstić information content (AvgIpc) is 3.29. The zero-order chi connectivity index (χ0) is 14.3. The van der Waals surface area contributed by atoms with Crippen molar-refractivity contribution >= 4 is 0 Å². The van der Waals surface area contributed by atoms with Crippen molar-refractivity contribution in [2.24, 2.45) is 11.8 Å². The quantitative estimate of drug-likeness (QED) is 0.515. The normalized spacial score (nSPS) is 20.4. The van der Waals surface area contributed by atoms with Gasteiger partial charge in [-0.25, -0.2) is 0 Å². The predicted octanol–water partition coefficient (Wildman–Crippen LogP) is 3.49. The van der Waals surface area contributed by atoms with E-state index in [4.69, 9.17) is 11.2 Å². The number of ether oxygens (including phenoxy) is 1. The number of rotatable bonds is 9. The Morgan fingerprint density at radius 1 is 1.20 bits per heavy atom. The molecule has 1 unspecified atom stereocenters. The summed E-state index contributed by atoms with van der Waals surface area (Å²) in [7, 11) is 0. The molecule has 0 amide bonds. The lowest BCUT2D eigenvalue weighted by molar-refractivity contribution is 0.0117. The van der Waals surface area contributed by atoms with Gasteiger partial charge in [0.1, 0.15) is 12.7 Å². The summed E-state index contributed by atoms with van der Waals surface area (Å²) >= 11 is 0. The highest BCUT2D eigenvalue weighted by molar-refractivity contribution is 5.03. The first-order valence-electron chi connectivity index (χ1n) is 8.00. The number of terminal acetylenes is 1. The molecule has 20 heavy (non-hydrogen) atoms. The minimum atomic E-state index is -0.608. The largest absolute Gasteiger partial charge is 0.447 e. The van der Waals surface area contributed by atoms with Gasteiger partial charge in [-0.2, -0.15) is 0 Å². The second-order valence-electron chi connectivity index (χ2n) is 6.33. The van der Waals surface area contributed by atoms with Crippen molar-refractivity contribution in [3.8, 4) is 24.4 Å². The Morgan fingerprint density at radius 2 is 2.00 bits per heavy atom. The molecule has 2 rings (SSSR count). The molecule has 0 aromatic carbocycles. The van der Waals surface area contributed by atoms with E-state index in [0.29, 0.717) is 12.3 Å². The highest BCUT2D eigenvalue weighted by Crippen LogP contribution is 2.44. The smallest absolute Gasteiger partial charge is 0.110 e. The van der Waals surface area contributed by atoms with Crippen LogP contribution in [-0.2, 0) is 4.74 Å². The molecule has 0 aliphatic heterocycles. The molecule has 0 saturated heterocycles. The van der Waals surface area contributed by atoms with Crippen molar-refractivity contribution in [1.82, 2.24) is 0 Å². The highest BCUT2D eigenvalue weighted by Gasteiger charge is 2.42. The molecular weight excluding hydrogens is 248 g/mol. The summed E-state index contributed by atoms with van der Waals surface area (Å²) in [5, 5.41) is 10.5. The minimum absolute atomic E-state index is 0.440. The van der Waals surface area contributed by atoms with Crippen molar-refractivity contribution in [2.45, 2.75) is 69.8 Å². The molecule has 2 fully saturated rings. The van der Waals surface area contributed by atoms with E-state index >= 15 is 0 Å². The van der Waals surface area contributed by atoms with Crippen molar-refractivity contribution in [3.63, 3.8) is 0 Å². The SMILES string of the molecule is C#CCC(O)(CCCCC#COCCC1CC1)C1CC1. The summed E-state index contributed by atoms with van der Waals surface area (Å²) < 4.78 is 5.28. The van der Waals surface area contributed by atoms with E-state index in [-0.39, 0.29) is 0 Å². The van der Waals surface area contributed by atoms with Crippen LogP contribution in [-0.4, -0.2) is 17.3 Å². The fraction of sp³-hybridized carbons (Fsp3) is 0.778. The molecule has 0 aromatic rings. The third-order valence-corrected chi connectivity index (χ3v) is 4.38. The summed E-state index contributed by atoms with van der Waals surface area (Å²) in [6, 6.07) is 0. The molecule has 2 nitrogen and oxygen atoms in total. The molecule has 2 saturated carbocycles. The molecule has 2 heteroatoms. The van der Waals surface area contributed by atoms with E-state index in [0.717, 1.165) is 57.5 Å². The highest BCUT2D eigenvalue weighted by atomic mass is 16.5. The first-order chi connectivity index (χ1) is 9.74. The van der Waals surface area contributed by atoms with Crippen LogP contribution in [0.4, 0.5) is 0 Å². The maximum atomic E-state index is 10.5. The number of unbranched alkanes of at least 4 members (excludes halogenated alkanes) is 2. The fourth-order valence-electron chi connectivity index (χ4n) is 2.66. The predicted molar refractivity (Wildman–Crippen MR) is 80.7 cm³/mol. The van der Waals surface area contributed by atoms with Crippen LogP contribution in [0, 0.1) is 36.2 Å². The van der Waals surface area contributed by atoms with E-state index < -0.39 is 5.60 Å². The molecule has 2 aliphatic rings. The van der Waals surface area contributed by atoms with Gasteiger partial charge in [-0.05, 0) is 50.4 Å². The van der Waals surface area contributed by atoms with Crippen molar-refractivity contribution in [1.29, 1.82) is 0 Å². The van der Waals surface area contributed by atoms with Crippen LogP contribution in [0.3, 0.4) is 0 Å². The Hall–Kier alpha value is -1.12. The molecular formula is C18H26O2. The molecule has 0 aromatic heterocycles. The molecule has 1 atom stereocenters. The van der Waals surface area contributed by atoms with Crippen molar-refractivity contribution < 1.29 is 9.84 Å². The van der Waals surface area contributed by atoms with E-state index in [1.807, 2.05) is 0 Å². The lowest BCUT2D eigenvalue weighted by Gasteiger charge is -2.25. The van der Waals surface area contributed by atoms with Gasteiger partial charge in [-0.1, -0.05) is 18.8 Å². The van der Waals surface area contributed by atoms with Crippen molar-refractivity contribution in [3.05, 3.63) is 0 Å². The molecule has 0 spiro atoms. The first-order valence-corrected chi connectivity index (χ1v) is 8.00. The number of hydrogen-bond donors (Lipinski definition) is 1. The van der Waals surface area contributed by atoms with Crippen LogP contribution in [0.1, 0.15) is 64.2 Å². The maximum absolute atomic E-state index is 10.5. The Bertz CT molecular complexity index is 390. The molecule has 0 radical (unpaired) electrons. The van der Waals surface area contributed by atoms with Crippen LogP contribution in [0.2, 0.25) is 0 Å². The van der Waals surface area contributed by atoms with Gasteiger partial charge in [0.05, 0.1) is 5.60 Å². The van der Waals surface area contributed by atoms with E-state index in [1.54, 1.807) is 0 Å². The summed E-state index contributed by atoms with van der Waals surface area (Å²) in [5.41, 5.74) is -0.608. The minimum Gasteiger partial charge on any atom is -0.447 e. The van der Waals surface area contributed by atoms with E-state index in [1.165, 1.54) is 12.8 Å². The molecule has 0 bridgehead atoms. The van der Waals surface area contributed by atoms with E-state index in [9.17, 15) is 5.11 Å². The van der Waals surface area contributed by atoms with Crippen LogP contribution in [0.25, 0.3) is 0 Å². The Morgan fingerprint density at radius 3 is 2.65 bits per heavy atom. The lowest BCUT2D eigenvalue weighted by Crippen LogP contribution is -2.30. The van der Waals surface area contributed by atoms with Crippen LogP contribution in [0.5, 0.6) is 0 Å². The van der Waals surface area contributed by atoms with Gasteiger partial charge in [0.15, 0.2) is 0 Å². The van der Waals surface area contributed by atoms with Crippen LogP contribution >= 0.6 is 0 Å². The monoisotopic (exact) mass is 274 g/mol. The second kappa shape index (κ2) is 7.61. The molecule has 1 N–H and O–H groups in total. The average molecular weight is 274 g/mol. The summed E-state index contributed by atoms with van der Waals surface area (Å²) in [4.78, 5) is 0. The van der Waals surface area contributed by atoms with Gasteiger partial charge >= 0.3 is 0 Å². The topological polar surface area (TPSA) is 29.5 Å². The summed E-state index contributed by atoms with van der Waals surface area (Å²) in [5.74, 6) is 7.02. The number of aliphatic hydroxyl groups is 1. The van der Waals surface area contributed by atoms with Crippen LogP contribution < -0.4 is 0 Å². The van der Waals surface area contributed by atoms with Gasteiger partial charge in [0.25, 0.3) is 0 Å². The standard InChI is InChI=1S/C18H26O2/c1-2-12-18(19,17-9-10-17)13-5-3-4-6-14-20-15-11-16-7-8-16/h1,16-17,19H,3-5,7-13,15H2. The first kappa shape index (κ1) is 15.3. The van der Waals surface area contributed by atoms with E-state index in [2.05, 4.69) is 17.9 Å². The Kier molecular flexibility index (Phi) is 5.81. The van der Waals surface area contributed by atoms with Gasteiger partial charge in [0.2, 0.25) is 0 Å². The Balaban J connectivity index is 1.49. The third-order valence-electron chi connectivity index (χ3n) is 4.38. The molecule has 0 heterocycles. The van der Waals surface area contributed by atoms with Crippen LogP contribution in [0.15, 0.2) is 0 Å². The molecule has 2 aliphatic carbocycles. The lowest BCUT2D eigenvalue weighted by atomic mass is 9.88. The van der Waals surface area contributed by atoms with Gasteiger partial charge < -0.3 is 9.84 Å². The third kappa shape index (κ3) is 5.48. The van der Waals surface area contributed by atoms with Gasteiger partial charge in [-0.3, -0.25) is 0 Å². The van der Waals surface area contributed by atoms with Gasteiger partial charge in [0, 0.05) is 12.8 Å². The zero-order valence-electron chi connectivity index (χ0n) is 12.4. The maximum Gasteiger partial charge on any atom is 0.110 e. The second-order valence-corrected chi connectivity index (χ2v) is 6.33. The summed E-state index contributed by atoms with van der Waals surface area (Å²) in [6.45, 7) is 0.779. The Labute approximate surface area is 123 Å². The summed E-state index contributed by atoms with van der Waals surface area (Å²) in [6.07, 6.45) is 18.5. The van der Waals surface area contributed by atoms with Crippen molar-refractivity contribution in [2.75, 3.05) is 6.61 Å². The zero-order valence-corrected chi connectivity index (χ0v) is 12.4. The number of hydrogen-bond acceptors (Lipinski definition) is 2. The molecule has 110 valence electrons. The van der Waals surface area contributed by atoms with Gasteiger partial charge in [-0.15, -0.1) is 12.3 Å².